The SMILES string of the molecule is CNC(C)c1cc(Br)ccc1N(C)Cc1ccccc1. The van der Waals surface area contributed by atoms with Crippen molar-refractivity contribution in [1.82, 2.24) is 5.32 Å². The van der Waals surface area contributed by atoms with E-state index in [-0.39, 0.29) is 0 Å². The molecule has 1 N–H and O–H groups in total. The maximum absolute atomic E-state index is 3.56. The van der Waals surface area contributed by atoms with E-state index < -0.39 is 0 Å². The van der Waals surface area contributed by atoms with E-state index in [0.717, 1.165) is 11.0 Å². The second kappa shape index (κ2) is 6.91. The highest BCUT2D eigenvalue weighted by Gasteiger charge is 2.13. The highest BCUT2D eigenvalue weighted by atomic mass is 79.9. The average molecular weight is 333 g/mol. The summed E-state index contributed by atoms with van der Waals surface area (Å²) < 4.78 is 1.12. The lowest BCUT2D eigenvalue weighted by atomic mass is 10.0. The van der Waals surface area contributed by atoms with E-state index in [0.29, 0.717) is 6.04 Å². The van der Waals surface area contributed by atoms with Crippen LogP contribution in [-0.4, -0.2) is 14.1 Å². The van der Waals surface area contributed by atoms with E-state index >= 15 is 0 Å². The van der Waals surface area contributed by atoms with E-state index in [1.807, 2.05) is 7.05 Å². The molecule has 0 saturated heterocycles. The Morgan fingerprint density at radius 1 is 1.15 bits per heavy atom. The number of nitrogens with zero attached hydrogens (tertiary/aromatic N) is 1. The molecule has 3 heteroatoms. The molecule has 0 aromatic heterocycles. The summed E-state index contributed by atoms with van der Waals surface area (Å²) in [5.41, 5.74) is 3.89. The molecule has 2 rings (SSSR count). The molecule has 2 aromatic rings. The fourth-order valence-electron chi connectivity index (χ4n) is 2.32. The summed E-state index contributed by atoms with van der Waals surface area (Å²) in [5, 5.41) is 3.32. The summed E-state index contributed by atoms with van der Waals surface area (Å²) in [5.74, 6) is 0. The number of hydrogen-bond donors (Lipinski definition) is 1. The van der Waals surface area contributed by atoms with Gasteiger partial charge in [0.2, 0.25) is 0 Å². The van der Waals surface area contributed by atoms with Crippen LogP contribution in [0.5, 0.6) is 0 Å². The van der Waals surface area contributed by atoms with Gasteiger partial charge in [-0.15, -0.1) is 0 Å². The van der Waals surface area contributed by atoms with Crippen molar-refractivity contribution in [3.63, 3.8) is 0 Å². The first-order valence-electron chi connectivity index (χ1n) is 6.83. The molecule has 0 bridgehead atoms. The maximum Gasteiger partial charge on any atom is 0.0426 e. The molecule has 0 aliphatic carbocycles. The Balaban J connectivity index is 2.27. The predicted molar refractivity (Wildman–Crippen MR) is 90.2 cm³/mol. The van der Waals surface area contributed by atoms with Gasteiger partial charge in [-0.05, 0) is 43.3 Å². The lowest BCUT2D eigenvalue weighted by molar-refractivity contribution is 0.649. The van der Waals surface area contributed by atoms with Crippen molar-refractivity contribution in [1.29, 1.82) is 0 Å². The summed E-state index contributed by atoms with van der Waals surface area (Å²) in [6.45, 7) is 3.09. The van der Waals surface area contributed by atoms with Gasteiger partial charge in [0.25, 0.3) is 0 Å². The molecule has 0 spiro atoms. The molecule has 0 heterocycles. The molecule has 0 saturated carbocycles. The minimum Gasteiger partial charge on any atom is -0.370 e. The Kier molecular flexibility index (Phi) is 5.21. The monoisotopic (exact) mass is 332 g/mol. The van der Waals surface area contributed by atoms with Crippen molar-refractivity contribution in [3.05, 3.63) is 64.1 Å². The van der Waals surface area contributed by atoms with Crippen LogP contribution in [0, 0.1) is 0 Å². The zero-order valence-electron chi connectivity index (χ0n) is 12.2. The van der Waals surface area contributed by atoms with Gasteiger partial charge in [0, 0.05) is 29.8 Å². The zero-order valence-corrected chi connectivity index (χ0v) is 13.8. The van der Waals surface area contributed by atoms with Crippen molar-refractivity contribution in [3.8, 4) is 0 Å². The highest BCUT2D eigenvalue weighted by molar-refractivity contribution is 9.10. The summed E-state index contributed by atoms with van der Waals surface area (Å²) in [6.07, 6.45) is 0. The Bertz CT molecular complexity index is 554. The first-order valence-corrected chi connectivity index (χ1v) is 7.63. The minimum absolute atomic E-state index is 0.320. The van der Waals surface area contributed by atoms with Crippen LogP contribution in [0.1, 0.15) is 24.1 Å². The first-order chi connectivity index (χ1) is 9.61. The highest BCUT2D eigenvalue weighted by Crippen LogP contribution is 2.29. The Morgan fingerprint density at radius 2 is 1.85 bits per heavy atom. The average Bonchev–Trinajstić information content (AvgIpc) is 2.47. The van der Waals surface area contributed by atoms with Gasteiger partial charge in [0.05, 0.1) is 0 Å². The third kappa shape index (κ3) is 3.62. The molecule has 0 fully saturated rings. The standard InChI is InChI=1S/C17H21BrN2/c1-13(19-2)16-11-15(18)9-10-17(16)20(3)12-14-7-5-4-6-8-14/h4-11,13,19H,12H2,1-3H3. The summed E-state index contributed by atoms with van der Waals surface area (Å²) in [6, 6.07) is 17.3. The van der Waals surface area contributed by atoms with Crippen LogP contribution in [0.2, 0.25) is 0 Å². The van der Waals surface area contributed by atoms with Crippen molar-refractivity contribution >= 4 is 21.6 Å². The van der Waals surface area contributed by atoms with Crippen LogP contribution in [0.15, 0.2) is 53.0 Å². The zero-order chi connectivity index (χ0) is 14.5. The Hall–Kier alpha value is -1.32. The number of anilines is 1. The largest absolute Gasteiger partial charge is 0.370 e. The van der Waals surface area contributed by atoms with Crippen molar-refractivity contribution in [2.24, 2.45) is 0 Å². The summed E-state index contributed by atoms with van der Waals surface area (Å²) in [4.78, 5) is 2.30. The van der Waals surface area contributed by atoms with Gasteiger partial charge in [-0.3, -0.25) is 0 Å². The molecule has 2 nitrogen and oxygen atoms in total. The van der Waals surface area contributed by atoms with Gasteiger partial charge < -0.3 is 10.2 Å². The van der Waals surface area contributed by atoms with Gasteiger partial charge in [0.1, 0.15) is 0 Å². The van der Waals surface area contributed by atoms with Crippen molar-refractivity contribution < 1.29 is 0 Å². The van der Waals surface area contributed by atoms with Gasteiger partial charge in [-0.1, -0.05) is 46.3 Å². The Labute approximate surface area is 129 Å². The molecule has 20 heavy (non-hydrogen) atoms. The van der Waals surface area contributed by atoms with Gasteiger partial charge in [-0.2, -0.15) is 0 Å². The number of benzene rings is 2. The Morgan fingerprint density at radius 3 is 2.50 bits per heavy atom. The van der Waals surface area contributed by atoms with Crippen LogP contribution < -0.4 is 10.2 Å². The molecule has 0 radical (unpaired) electrons. The third-order valence-electron chi connectivity index (χ3n) is 3.56. The van der Waals surface area contributed by atoms with Crippen LogP contribution in [0.3, 0.4) is 0 Å². The molecule has 106 valence electrons. The first kappa shape index (κ1) is 15.1. The molecule has 0 amide bonds. The van der Waals surface area contributed by atoms with Gasteiger partial charge in [-0.25, -0.2) is 0 Å². The molecule has 2 aromatic carbocycles. The van der Waals surface area contributed by atoms with Crippen LogP contribution in [0.25, 0.3) is 0 Å². The molecule has 1 atom stereocenters. The van der Waals surface area contributed by atoms with E-state index in [4.69, 9.17) is 0 Å². The number of halogens is 1. The maximum atomic E-state index is 3.56. The van der Waals surface area contributed by atoms with Gasteiger partial charge in [0.15, 0.2) is 0 Å². The molecule has 1 unspecified atom stereocenters. The van der Waals surface area contributed by atoms with Crippen LogP contribution in [-0.2, 0) is 6.54 Å². The summed E-state index contributed by atoms with van der Waals surface area (Å²) in [7, 11) is 4.13. The number of nitrogens with one attached hydrogen (secondary N) is 1. The van der Waals surface area contributed by atoms with E-state index in [1.54, 1.807) is 0 Å². The van der Waals surface area contributed by atoms with E-state index in [2.05, 4.69) is 88.6 Å². The normalized spacial score (nSPS) is 12.2. The number of rotatable bonds is 5. The topological polar surface area (TPSA) is 15.3 Å². The quantitative estimate of drug-likeness (QED) is 0.874. The summed E-state index contributed by atoms with van der Waals surface area (Å²) >= 11 is 3.56. The molecule has 0 aliphatic rings. The smallest absolute Gasteiger partial charge is 0.0426 e. The van der Waals surface area contributed by atoms with Crippen molar-refractivity contribution in [2.45, 2.75) is 19.5 Å². The lowest BCUT2D eigenvalue weighted by Crippen LogP contribution is -2.21. The fraction of sp³-hybridized carbons (Fsp3) is 0.294. The van der Waals surface area contributed by atoms with E-state index in [9.17, 15) is 0 Å². The van der Waals surface area contributed by atoms with Crippen LogP contribution >= 0.6 is 15.9 Å². The molecule has 0 aliphatic heterocycles. The van der Waals surface area contributed by atoms with Crippen molar-refractivity contribution in [2.75, 3.05) is 19.0 Å². The number of hydrogen-bond acceptors (Lipinski definition) is 2. The second-order valence-corrected chi connectivity index (χ2v) is 5.97. The van der Waals surface area contributed by atoms with Crippen LogP contribution in [0.4, 0.5) is 5.69 Å². The second-order valence-electron chi connectivity index (χ2n) is 5.06. The predicted octanol–water partition coefficient (Wildman–Crippen LogP) is 4.37. The minimum atomic E-state index is 0.320. The molecular formula is C17H21BrN2. The van der Waals surface area contributed by atoms with Gasteiger partial charge >= 0.3 is 0 Å². The van der Waals surface area contributed by atoms with E-state index in [1.165, 1.54) is 16.8 Å². The lowest BCUT2D eigenvalue weighted by Gasteiger charge is -2.25. The molecular weight excluding hydrogens is 312 g/mol. The fourth-order valence-corrected chi connectivity index (χ4v) is 2.70. The third-order valence-corrected chi connectivity index (χ3v) is 4.06.